The molecule has 7 heteroatoms. The van der Waals surface area contributed by atoms with Crippen molar-refractivity contribution in [3.63, 3.8) is 0 Å². The van der Waals surface area contributed by atoms with Gasteiger partial charge >= 0.3 is 5.97 Å². The largest absolute Gasteiger partial charge is 0.507 e. The molecule has 2 rings (SSSR count). The summed E-state index contributed by atoms with van der Waals surface area (Å²) in [7, 11) is 0. The molecule has 2 aromatic carbocycles. The lowest BCUT2D eigenvalue weighted by atomic mass is 10.2. The molecule has 1 atom stereocenters. The van der Waals surface area contributed by atoms with Crippen LogP contribution in [0.15, 0.2) is 36.4 Å². The molecule has 1 amide bonds. The van der Waals surface area contributed by atoms with Gasteiger partial charge in [0, 0.05) is 10.7 Å². The number of aryl methyl sites for hydroxylation is 1. The fraction of sp³-hybridized carbons (Fsp3) is 0.176. The summed E-state index contributed by atoms with van der Waals surface area (Å²) in [5.74, 6) is -2.30. The van der Waals surface area contributed by atoms with Crippen molar-refractivity contribution in [1.82, 2.24) is 0 Å². The van der Waals surface area contributed by atoms with Crippen LogP contribution < -0.4 is 5.32 Å². The van der Waals surface area contributed by atoms with Crippen molar-refractivity contribution in [2.45, 2.75) is 20.0 Å². The molecule has 0 fully saturated rings. The van der Waals surface area contributed by atoms with E-state index in [1.54, 1.807) is 6.92 Å². The SMILES string of the molecule is Cc1ccc(NC(=O)[C@H](C)OC(=O)c2ccc(Cl)cc2O)cc1F. The number of amides is 1. The molecular weight excluding hydrogens is 337 g/mol. The van der Waals surface area contributed by atoms with E-state index in [-0.39, 0.29) is 22.0 Å². The highest BCUT2D eigenvalue weighted by Gasteiger charge is 2.21. The lowest BCUT2D eigenvalue weighted by molar-refractivity contribution is -0.123. The molecule has 0 aliphatic rings. The summed E-state index contributed by atoms with van der Waals surface area (Å²) in [6.07, 6.45) is -1.14. The summed E-state index contributed by atoms with van der Waals surface area (Å²) in [6, 6.07) is 8.13. The van der Waals surface area contributed by atoms with Gasteiger partial charge in [-0.2, -0.15) is 0 Å². The van der Waals surface area contributed by atoms with Gasteiger partial charge in [-0.05, 0) is 49.7 Å². The number of anilines is 1. The number of benzene rings is 2. The number of hydrogen-bond donors (Lipinski definition) is 2. The van der Waals surface area contributed by atoms with Gasteiger partial charge in [0.1, 0.15) is 17.1 Å². The summed E-state index contributed by atoms with van der Waals surface area (Å²) < 4.78 is 18.5. The second kappa shape index (κ2) is 7.31. The van der Waals surface area contributed by atoms with Crippen LogP contribution in [0.1, 0.15) is 22.8 Å². The molecule has 0 bridgehead atoms. The minimum Gasteiger partial charge on any atom is -0.507 e. The third kappa shape index (κ3) is 4.23. The number of ether oxygens (including phenoxy) is 1. The van der Waals surface area contributed by atoms with E-state index in [4.69, 9.17) is 16.3 Å². The Hall–Kier alpha value is -2.60. The minimum atomic E-state index is -1.14. The van der Waals surface area contributed by atoms with Crippen molar-refractivity contribution >= 4 is 29.2 Å². The van der Waals surface area contributed by atoms with Gasteiger partial charge in [-0.1, -0.05) is 17.7 Å². The zero-order valence-electron chi connectivity index (χ0n) is 13.0. The summed E-state index contributed by atoms with van der Waals surface area (Å²) in [6.45, 7) is 2.97. The number of aromatic hydroxyl groups is 1. The summed E-state index contributed by atoms with van der Waals surface area (Å²) in [4.78, 5) is 24.0. The molecule has 0 spiro atoms. The maximum absolute atomic E-state index is 13.5. The van der Waals surface area contributed by atoms with Gasteiger partial charge in [0.05, 0.1) is 0 Å². The molecule has 2 aromatic rings. The number of hydrogen-bond acceptors (Lipinski definition) is 4. The molecule has 0 radical (unpaired) electrons. The Labute approximate surface area is 143 Å². The second-order valence-corrected chi connectivity index (χ2v) is 5.60. The van der Waals surface area contributed by atoms with Gasteiger partial charge < -0.3 is 15.2 Å². The van der Waals surface area contributed by atoms with Crippen LogP contribution in [0.5, 0.6) is 5.75 Å². The average Bonchev–Trinajstić information content (AvgIpc) is 2.50. The highest BCUT2D eigenvalue weighted by atomic mass is 35.5. The number of carbonyl (C=O) groups excluding carboxylic acids is 2. The summed E-state index contributed by atoms with van der Waals surface area (Å²) >= 11 is 5.69. The number of esters is 1. The summed E-state index contributed by atoms with van der Waals surface area (Å²) in [5.41, 5.74) is 0.589. The molecule has 2 N–H and O–H groups in total. The Bertz CT molecular complexity index is 794. The van der Waals surface area contributed by atoms with Crippen LogP contribution in [0.2, 0.25) is 5.02 Å². The number of nitrogens with one attached hydrogen (secondary N) is 1. The van der Waals surface area contributed by atoms with Gasteiger partial charge in [0.2, 0.25) is 0 Å². The smallest absolute Gasteiger partial charge is 0.342 e. The number of rotatable bonds is 4. The molecule has 0 saturated carbocycles. The van der Waals surface area contributed by atoms with Crippen LogP contribution in [-0.2, 0) is 9.53 Å². The molecule has 5 nitrogen and oxygen atoms in total. The van der Waals surface area contributed by atoms with Crippen LogP contribution in [-0.4, -0.2) is 23.1 Å². The molecule has 0 saturated heterocycles. The maximum Gasteiger partial charge on any atom is 0.342 e. The highest BCUT2D eigenvalue weighted by Crippen LogP contribution is 2.23. The number of carbonyl (C=O) groups is 2. The zero-order valence-corrected chi connectivity index (χ0v) is 13.7. The lowest BCUT2D eigenvalue weighted by Gasteiger charge is -2.14. The highest BCUT2D eigenvalue weighted by molar-refractivity contribution is 6.30. The van der Waals surface area contributed by atoms with Crippen LogP contribution in [0.4, 0.5) is 10.1 Å². The van der Waals surface area contributed by atoms with E-state index in [2.05, 4.69) is 5.32 Å². The maximum atomic E-state index is 13.5. The van der Waals surface area contributed by atoms with Crippen LogP contribution >= 0.6 is 11.6 Å². The van der Waals surface area contributed by atoms with Crippen molar-refractivity contribution in [3.05, 3.63) is 58.4 Å². The monoisotopic (exact) mass is 351 g/mol. The third-order valence-corrected chi connectivity index (χ3v) is 3.51. The van der Waals surface area contributed by atoms with Crippen LogP contribution in [0.25, 0.3) is 0 Å². The van der Waals surface area contributed by atoms with Crippen LogP contribution in [0, 0.1) is 12.7 Å². The van der Waals surface area contributed by atoms with E-state index in [9.17, 15) is 19.1 Å². The Balaban J connectivity index is 2.02. The zero-order chi connectivity index (χ0) is 17.9. The third-order valence-electron chi connectivity index (χ3n) is 3.27. The molecule has 24 heavy (non-hydrogen) atoms. The van der Waals surface area contributed by atoms with Gasteiger partial charge in [-0.3, -0.25) is 4.79 Å². The molecule has 0 aliphatic carbocycles. The quantitative estimate of drug-likeness (QED) is 0.824. The second-order valence-electron chi connectivity index (χ2n) is 5.16. The van der Waals surface area contributed by atoms with Crippen molar-refractivity contribution in [3.8, 4) is 5.75 Å². The average molecular weight is 352 g/mol. The van der Waals surface area contributed by atoms with Crippen molar-refractivity contribution in [1.29, 1.82) is 0 Å². The predicted octanol–water partition coefficient (Wildman–Crippen LogP) is 3.68. The molecule has 126 valence electrons. The predicted molar refractivity (Wildman–Crippen MR) is 87.8 cm³/mol. The lowest BCUT2D eigenvalue weighted by Crippen LogP contribution is -2.30. The fourth-order valence-corrected chi connectivity index (χ4v) is 2.04. The molecule has 0 unspecified atom stereocenters. The van der Waals surface area contributed by atoms with Gasteiger partial charge in [0.25, 0.3) is 5.91 Å². The normalized spacial score (nSPS) is 11.7. The molecule has 0 heterocycles. The molecular formula is C17H15ClFNO4. The first-order chi connectivity index (χ1) is 11.3. The number of halogens is 2. The summed E-state index contributed by atoms with van der Waals surface area (Å²) in [5, 5.41) is 12.4. The molecule has 0 aliphatic heterocycles. The first kappa shape index (κ1) is 17.7. The first-order valence-corrected chi connectivity index (χ1v) is 7.42. The first-order valence-electron chi connectivity index (χ1n) is 7.04. The van der Waals surface area contributed by atoms with Gasteiger partial charge in [0.15, 0.2) is 6.10 Å². The Morgan fingerprint density at radius 3 is 2.58 bits per heavy atom. The van der Waals surface area contributed by atoms with Gasteiger partial charge in [-0.25, -0.2) is 9.18 Å². The van der Waals surface area contributed by atoms with E-state index < -0.39 is 23.8 Å². The van der Waals surface area contributed by atoms with Crippen molar-refractivity contribution in [2.24, 2.45) is 0 Å². The standard InChI is InChI=1S/C17H15ClFNO4/c1-9-3-5-12(8-14(9)19)20-16(22)10(2)24-17(23)13-6-4-11(18)7-15(13)21/h3-8,10,21H,1-2H3,(H,20,22)/t10-/m0/s1. The van der Waals surface area contributed by atoms with E-state index in [1.807, 2.05) is 0 Å². The fourth-order valence-electron chi connectivity index (χ4n) is 1.87. The topological polar surface area (TPSA) is 75.6 Å². The Morgan fingerprint density at radius 2 is 1.96 bits per heavy atom. The van der Waals surface area contributed by atoms with Crippen molar-refractivity contribution in [2.75, 3.05) is 5.32 Å². The molecule has 0 aromatic heterocycles. The number of phenols is 1. The number of phenolic OH excluding ortho intramolecular Hbond substituents is 1. The van der Waals surface area contributed by atoms with Crippen LogP contribution in [0.3, 0.4) is 0 Å². The Kier molecular flexibility index (Phi) is 5.41. The van der Waals surface area contributed by atoms with Crippen molar-refractivity contribution < 1.29 is 23.8 Å². The minimum absolute atomic E-state index is 0.111. The van der Waals surface area contributed by atoms with E-state index >= 15 is 0 Å². The van der Waals surface area contributed by atoms with Gasteiger partial charge in [-0.15, -0.1) is 0 Å². The van der Waals surface area contributed by atoms with E-state index in [0.29, 0.717) is 5.56 Å². The van der Waals surface area contributed by atoms with E-state index in [0.717, 1.165) is 0 Å². The van der Waals surface area contributed by atoms with E-state index in [1.165, 1.54) is 43.3 Å². The Morgan fingerprint density at radius 1 is 1.25 bits per heavy atom.